The molecule has 0 saturated heterocycles. The normalized spacial score (nSPS) is 14.1. The van der Waals surface area contributed by atoms with Crippen LogP contribution in [0.25, 0.3) is 11.1 Å². The van der Waals surface area contributed by atoms with Crippen molar-refractivity contribution in [3.8, 4) is 11.1 Å². The largest absolute Gasteiger partial charge is 0.598 e. The average molecular weight is 506 g/mol. The summed E-state index contributed by atoms with van der Waals surface area (Å²) in [4.78, 5) is 12.2. The smallest absolute Gasteiger partial charge is 0.419 e. The zero-order valence-electron chi connectivity index (χ0n) is 19.8. The Kier molecular flexibility index (Phi) is 8.77. The Labute approximate surface area is 199 Å². The number of hydrogen-bond acceptors (Lipinski definition) is 4. The van der Waals surface area contributed by atoms with Crippen LogP contribution >= 0.6 is 0 Å². The Bertz CT molecular complexity index is 1050. The van der Waals surface area contributed by atoms with Crippen LogP contribution in [0, 0.1) is 25.5 Å². The molecule has 2 atom stereocenters. The van der Waals surface area contributed by atoms with Crippen LogP contribution in [0.4, 0.5) is 22.0 Å². The van der Waals surface area contributed by atoms with Gasteiger partial charge in [-0.2, -0.15) is 13.2 Å². The highest BCUT2D eigenvalue weighted by molar-refractivity contribution is 7.90. The van der Waals surface area contributed by atoms with Gasteiger partial charge in [0.1, 0.15) is 16.4 Å². The molecule has 0 aliphatic rings. The van der Waals surface area contributed by atoms with E-state index in [9.17, 15) is 26.9 Å². The van der Waals surface area contributed by atoms with Gasteiger partial charge in [-0.3, -0.25) is 4.79 Å². The Morgan fingerprint density at radius 3 is 2.29 bits per heavy atom. The van der Waals surface area contributed by atoms with E-state index < -0.39 is 63.5 Å². The molecule has 2 rings (SSSR count). The summed E-state index contributed by atoms with van der Waals surface area (Å²) in [6.45, 7) is 9.41. The molecule has 0 aromatic heterocycles. The average Bonchev–Trinajstić information content (AvgIpc) is 2.70. The summed E-state index contributed by atoms with van der Waals surface area (Å²) in [6.07, 6.45) is -5.63. The molecule has 1 N–H and O–H groups in total. The summed E-state index contributed by atoms with van der Waals surface area (Å²) >= 11 is -1.85. The lowest BCUT2D eigenvalue weighted by molar-refractivity contribution is -0.143. The molecule has 4 nitrogen and oxygen atoms in total. The molecule has 34 heavy (non-hydrogen) atoms. The number of aryl methyl sites for hydroxylation is 1. The monoisotopic (exact) mass is 505 g/mol. The number of carbonyl (C=O) groups is 1. The van der Waals surface area contributed by atoms with Crippen LogP contribution in [0.5, 0.6) is 0 Å². The zero-order chi connectivity index (χ0) is 26.0. The van der Waals surface area contributed by atoms with Gasteiger partial charge >= 0.3 is 12.1 Å². The maximum Gasteiger partial charge on any atom is 0.419 e. The first kappa shape index (κ1) is 28.1. The highest BCUT2D eigenvalue weighted by atomic mass is 32.2. The van der Waals surface area contributed by atoms with E-state index in [1.54, 1.807) is 34.6 Å². The topological polar surface area (TPSA) is 61.4 Å². The van der Waals surface area contributed by atoms with Crippen LogP contribution in [0.2, 0.25) is 0 Å². The zero-order valence-corrected chi connectivity index (χ0v) is 20.6. The molecule has 0 saturated carbocycles. The molecule has 0 radical (unpaired) electrons. The van der Waals surface area contributed by atoms with Gasteiger partial charge in [-0.15, -0.1) is 4.72 Å². The van der Waals surface area contributed by atoms with Gasteiger partial charge in [0, 0.05) is 16.9 Å². The second-order valence-electron chi connectivity index (χ2n) is 8.85. The number of carbonyl (C=O) groups excluding carboxylic acids is 1. The van der Waals surface area contributed by atoms with Crippen LogP contribution < -0.4 is 4.72 Å². The highest BCUT2D eigenvalue weighted by Crippen LogP contribution is 2.40. The number of halogens is 5. The van der Waals surface area contributed by atoms with Gasteiger partial charge in [0.15, 0.2) is 0 Å². The molecule has 0 aliphatic carbocycles. The number of hydrogen-bond donors (Lipinski definition) is 1. The van der Waals surface area contributed by atoms with Gasteiger partial charge in [-0.05, 0) is 82.0 Å². The van der Waals surface area contributed by atoms with Gasteiger partial charge in [0.25, 0.3) is 0 Å². The lowest BCUT2D eigenvalue weighted by Crippen LogP contribution is -2.42. The second-order valence-corrected chi connectivity index (χ2v) is 10.8. The minimum atomic E-state index is -5.07. The summed E-state index contributed by atoms with van der Waals surface area (Å²) in [7, 11) is 0. The Balaban J connectivity index is 2.80. The molecule has 1 unspecified atom stereocenters. The summed E-state index contributed by atoms with van der Waals surface area (Å²) in [5.41, 5.74) is -1.40. The van der Waals surface area contributed by atoms with Crippen LogP contribution in [0.3, 0.4) is 0 Å². The molecular formula is C24H28F5NO3S. The van der Waals surface area contributed by atoms with E-state index in [1.807, 2.05) is 0 Å². The minimum absolute atomic E-state index is 0.00587. The Morgan fingerprint density at radius 2 is 1.76 bits per heavy atom. The van der Waals surface area contributed by atoms with E-state index in [2.05, 4.69) is 4.72 Å². The quantitative estimate of drug-likeness (QED) is 0.272. The first-order valence-electron chi connectivity index (χ1n) is 10.6. The van der Waals surface area contributed by atoms with E-state index >= 15 is 4.39 Å². The van der Waals surface area contributed by atoms with Crippen LogP contribution in [-0.4, -0.2) is 21.9 Å². The van der Waals surface area contributed by atoms with Crippen molar-refractivity contribution in [3.63, 3.8) is 0 Å². The molecule has 0 aliphatic heterocycles. The van der Waals surface area contributed by atoms with E-state index in [0.717, 1.165) is 6.07 Å². The van der Waals surface area contributed by atoms with Crippen molar-refractivity contribution in [2.75, 3.05) is 6.61 Å². The molecule has 2 aromatic carbocycles. The van der Waals surface area contributed by atoms with Crippen molar-refractivity contribution in [3.05, 3.63) is 58.2 Å². The molecule has 0 spiro atoms. The predicted octanol–water partition coefficient (Wildman–Crippen LogP) is 6.31. The van der Waals surface area contributed by atoms with E-state index in [1.165, 1.54) is 19.1 Å². The van der Waals surface area contributed by atoms with Crippen molar-refractivity contribution in [1.29, 1.82) is 0 Å². The number of esters is 1. The van der Waals surface area contributed by atoms with Crippen LogP contribution in [-0.2, 0) is 27.1 Å². The third-order valence-corrected chi connectivity index (χ3v) is 6.77. The fourth-order valence-electron chi connectivity index (χ4n) is 3.42. The predicted molar refractivity (Wildman–Crippen MR) is 121 cm³/mol. The lowest BCUT2D eigenvalue weighted by Gasteiger charge is -2.29. The number of ether oxygens (including phenoxy) is 1. The number of rotatable bonds is 7. The Morgan fingerprint density at radius 1 is 1.15 bits per heavy atom. The molecule has 2 aromatic rings. The summed E-state index contributed by atoms with van der Waals surface area (Å²) in [5, 5.41) is 0. The molecule has 0 bridgehead atoms. The first-order chi connectivity index (χ1) is 15.6. The molecular weight excluding hydrogens is 477 g/mol. The van der Waals surface area contributed by atoms with Crippen molar-refractivity contribution >= 4 is 17.3 Å². The molecule has 188 valence electrons. The Hall–Kier alpha value is -2.17. The number of alkyl halides is 3. The fourth-order valence-corrected chi connectivity index (χ4v) is 4.25. The fraction of sp³-hybridized carbons (Fsp3) is 0.458. The summed E-state index contributed by atoms with van der Waals surface area (Å²) in [5.74, 6) is -3.03. The van der Waals surface area contributed by atoms with Crippen molar-refractivity contribution < 1.29 is 36.0 Å². The number of nitrogens with one attached hydrogen (secondary N) is 1. The van der Waals surface area contributed by atoms with E-state index in [-0.39, 0.29) is 23.3 Å². The van der Waals surface area contributed by atoms with E-state index in [0.29, 0.717) is 11.6 Å². The third-order valence-electron chi connectivity index (χ3n) is 5.16. The summed E-state index contributed by atoms with van der Waals surface area (Å²) in [6, 6.07) is 2.97. The van der Waals surface area contributed by atoms with Crippen LogP contribution in [0.15, 0.2) is 24.3 Å². The van der Waals surface area contributed by atoms with E-state index in [4.69, 9.17) is 4.74 Å². The molecule has 0 heterocycles. The first-order valence-corrected chi connectivity index (χ1v) is 11.7. The standard InChI is InChI=1S/C24H28F5NO3S/c1-7-33-20(31)12-19(30-34(32)23(4,5)6)16-10-15(11-17(22(16)26)24(27,28)29)21-13(2)8-9-18(25)14(21)3/h8-11,19,30H,7,12H2,1-6H3/t19-,34?/m0/s1. The molecule has 0 fully saturated rings. The van der Waals surface area contributed by atoms with Gasteiger partial charge in [-0.25, -0.2) is 8.78 Å². The van der Waals surface area contributed by atoms with Crippen molar-refractivity contribution in [2.45, 2.75) is 64.9 Å². The minimum Gasteiger partial charge on any atom is -0.598 e. The summed E-state index contributed by atoms with van der Waals surface area (Å²) < 4.78 is 90.4. The van der Waals surface area contributed by atoms with Gasteiger partial charge < -0.3 is 9.29 Å². The second kappa shape index (κ2) is 10.6. The van der Waals surface area contributed by atoms with Crippen molar-refractivity contribution in [2.24, 2.45) is 0 Å². The molecule has 0 amide bonds. The maximum atomic E-state index is 15.3. The van der Waals surface area contributed by atoms with Gasteiger partial charge in [-0.1, -0.05) is 6.07 Å². The van der Waals surface area contributed by atoms with Crippen LogP contribution in [0.1, 0.15) is 62.4 Å². The lowest BCUT2D eigenvalue weighted by atomic mass is 9.90. The SMILES string of the molecule is CCOC(=O)C[C@H](N[S+]([O-])C(C)(C)C)c1cc(-c2c(C)ccc(F)c2C)cc(C(F)(F)F)c1F. The van der Waals surface area contributed by atoms with Gasteiger partial charge in [0.05, 0.1) is 24.6 Å². The number of benzene rings is 2. The van der Waals surface area contributed by atoms with Crippen molar-refractivity contribution in [1.82, 2.24) is 4.72 Å². The third kappa shape index (κ3) is 6.49. The van der Waals surface area contributed by atoms with Gasteiger partial charge in [0.2, 0.25) is 0 Å². The molecule has 10 heteroatoms. The maximum absolute atomic E-state index is 15.3. The highest BCUT2D eigenvalue weighted by Gasteiger charge is 2.39.